The van der Waals surface area contributed by atoms with Crippen LogP contribution in [-0.4, -0.2) is 51.9 Å². The summed E-state index contributed by atoms with van der Waals surface area (Å²) < 4.78 is 0. The number of rotatable bonds is 6. The molecule has 2 aromatic heterocycles. The van der Waals surface area contributed by atoms with Crippen LogP contribution in [0.2, 0.25) is 0 Å². The number of likely N-dealkylation sites (tertiary alicyclic amines) is 1. The number of carbonyl (C=O) groups excluding carboxylic acids is 1. The van der Waals surface area contributed by atoms with Crippen molar-refractivity contribution in [3.8, 4) is 11.4 Å². The van der Waals surface area contributed by atoms with Crippen LogP contribution in [-0.2, 0) is 0 Å². The van der Waals surface area contributed by atoms with E-state index in [1.54, 1.807) is 18.6 Å². The molecule has 1 atom stereocenters. The van der Waals surface area contributed by atoms with Crippen molar-refractivity contribution in [3.05, 3.63) is 77.9 Å². The molecule has 29 heavy (non-hydrogen) atoms. The molecule has 1 aliphatic rings. The summed E-state index contributed by atoms with van der Waals surface area (Å²) >= 11 is 0. The minimum absolute atomic E-state index is 0.126. The van der Waals surface area contributed by atoms with Crippen LogP contribution in [0.5, 0.6) is 0 Å². The van der Waals surface area contributed by atoms with Gasteiger partial charge in [0.1, 0.15) is 0 Å². The van der Waals surface area contributed by atoms with Gasteiger partial charge >= 0.3 is 0 Å². The van der Waals surface area contributed by atoms with Crippen LogP contribution in [0.4, 0.5) is 0 Å². The van der Waals surface area contributed by atoms with E-state index in [0.29, 0.717) is 29.5 Å². The van der Waals surface area contributed by atoms with Crippen molar-refractivity contribution in [1.29, 1.82) is 0 Å². The Morgan fingerprint density at radius 1 is 1.17 bits per heavy atom. The molecule has 1 aromatic carbocycles. The summed E-state index contributed by atoms with van der Waals surface area (Å²) in [4.78, 5) is 27.9. The molecule has 0 aliphatic carbocycles. The first-order chi connectivity index (χ1) is 14.2. The molecule has 6 nitrogen and oxygen atoms in total. The fourth-order valence-corrected chi connectivity index (χ4v) is 3.78. The minimum Gasteiger partial charge on any atom is -0.351 e. The zero-order chi connectivity index (χ0) is 20.1. The molecule has 0 saturated carbocycles. The molecule has 3 heterocycles. The fraction of sp³-hybridized carbons (Fsp3) is 0.304. The smallest absolute Gasteiger partial charge is 0.254 e. The first kappa shape index (κ1) is 19.2. The predicted molar refractivity (Wildman–Crippen MR) is 113 cm³/mol. The second kappa shape index (κ2) is 8.92. The first-order valence-electron chi connectivity index (χ1n) is 10.0. The van der Waals surface area contributed by atoms with E-state index in [0.717, 1.165) is 25.2 Å². The molecule has 148 valence electrons. The van der Waals surface area contributed by atoms with Gasteiger partial charge in [0.05, 0.1) is 11.3 Å². The quantitative estimate of drug-likeness (QED) is 0.704. The van der Waals surface area contributed by atoms with Crippen molar-refractivity contribution in [2.75, 3.05) is 26.2 Å². The van der Waals surface area contributed by atoms with Crippen LogP contribution in [0, 0.1) is 6.92 Å². The van der Waals surface area contributed by atoms with Gasteiger partial charge in [0.25, 0.3) is 5.91 Å². The van der Waals surface area contributed by atoms with Crippen LogP contribution in [0.15, 0.2) is 61.1 Å². The summed E-state index contributed by atoms with van der Waals surface area (Å²) in [5, 5.41) is 3.01. The normalized spacial score (nSPS) is 16.7. The summed E-state index contributed by atoms with van der Waals surface area (Å²) in [6.07, 6.45) is 6.19. The Balaban J connectivity index is 1.29. The monoisotopic (exact) mass is 387 g/mol. The lowest BCUT2D eigenvalue weighted by molar-refractivity contribution is 0.0948. The topological polar surface area (TPSA) is 71.0 Å². The van der Waals surface area contributed by atoms with E-state index in [1.165, 1.54) is 12.0 Å². The molecule has 6 heteroatoms. The standard InChI is InChI=1S/C23H25N5O/c1-17-21(15-26-22(27-17)19-8-5-10-24-14-19)23(29)25-11-13-28-12-9-20(16-28)18-6-3-2-4-7-18/h2-8,10,14-15,20H,9,11-13,16H2,1H3,(H,25,29)/t20-/m0/s1. The van der Waals surface area contributed by atoms with E-state index in [-0.39, 0.29) is 5.91 Å². The van der Waals surface area contributed by atoms with Crippen LogP contribution >= 0.6 is 0 Å². The highest BCUT2D eigenvalue weighted by molar-refractivity contribution is 5.95. The van der Waals surface area contributed by atoms with E-state index in [9.17, 15) is 4.79 Å². The van der Waals surface area contributed by atoms with Gasteiger partial charge in [-0.05, 0) is 43.5 Å². The average Bonchev–Trinajstić information content (AvgIpc) is 3.24. The minimum atomic E-state index is -0.126. The zero-order valence-electron chi connectivity index (χ0n) is 16.6. The molecule has 3 aromatic rings. The largest absolute Gasteiger partial charge is 0.351 e. The molecular formula is C23H25N5O. The summed E-state index contributed by atoms with van der Waals surface area (Å²) in [5.41, 5.74) is 3.42. The van der Waals surface area contributed by atoms with Gasteiger partial charge in [0.15, 0.2) is 5.82 Å². The van der Waals surface area contributed by atoms with Crippen LogP contribution in [0.1, 0.15) is 34.0 Å². The first-order valence-corrected chi connectivity index (χ1v) is 10.0. The van der Waals surface area contributed by atoms with E-state index < -0.39 is 0 Å². The molecule has 0 bridgehead atoms. The second-order valence-corrected chi connectivity index (χ2v) is 7.39. The lowest BCUT2D eigenvalue weighted by Crippen LogP contribution is -2.34. The van der Waals surface area contributed by atoms with Crippen molar-refractivity contribution in [2.24, 2.45) is 0 Å². The third-order valence-electron chi connectivity index (χ3n) is 5.40. The van der Waals surface area contributed by atoms with Gasteiger partial charge in [-0.3, -0.25) is 9.78 Å². The maximum atomic E-state index is 12.6. The van der Waals surface area contributed by atoms with Gasteiger partial charge < -0.3 is 10.2 Å². The third kappa shape index (κ3) is 4.66. The summed E-state index contributed by atoms with van der Waals surface area (Å²) in [6.45, 7) is 5.41. The third-order valence-corrected chi connectivity index (χ3v) is 5.40. The van der Waals surface area contributed by atoms with Gasteiger partial charge in [0, 0.05) is 43.8 Å². The Morgan fingerprint density at radius 3 is 2.79 bits per heavy atom. The Labute approximate surface area is 171 Å². The highest BCUT2D eigenvalue weighted by atomic mass is 16.1. The second-order valence-electron chi connectivity index (χ2n) is 7.39. The Morgan fingerprint density at radius 2 is 2.03 bits per heavy atom. The highest BCUT2D eigenvalue weighted by Gasteiger charge is 2.23. The highest BCUT2D eigenvalue weighted by Crippen LogP contribution is 2.26. The van der Waals surface area contributed by atoms with E-state index in [1.807, 2.05) is 19.1 Å². The molecule has 1 saturated heterocycles. The SMILES string of the molecule is Cc1nc(-c2cccnc2)ncc1C(=O)NCCN1CC[C@H](c2ccccc2)C1. The number of hydrogen-bond acceptors (Lipinski definition) is 5. The number of amides is 1. The van der Waals surface area contributed by atoms with Gasteiger partial charge in [-0.2, -0.15) is 0 Å². The van der Waals surface area contributed by atoms with Gasteiger partial charge in [-0.1, -0.05) is 30.3 Å². The van der Waals surface area contributed by atoms with E-state index in [2.05, 4.69) is 55.5 Å². The number of hydrogen-bond donors (Lipinski definition) is 1. The maximum Gasteiger partial charge on any atom is 0.254 e. The molecule has 1 amide bonds. The molecule has 0 radical (unpaired) electrons. The van der Waals surface area contributed by atoms with Gasteiger partial charge in [-0.25, -0.2) is 9.97 Å². The molecule has 0 unspecified atom stereocenters. The van der Waals surface area contributed by atoms with Crippen molar-refractivity contribution < 1.29 is 4.79 Å². The van der Waals surface area contributed by atoms with Gasteiger partial charge in [-0.15, -0.1) is 0 Å². The fourth-order valence-electron chi connectivity index (χ4n) is 3.78. The lowest BCUT2D eigenvalue weighted by Gasteiger charge is -2.16. The maximum absolute atomic E-state index is 12.6. The van der Waals surface area contributed by atoms with Crippen LogP contribution in [0.25, 0.3) is 11.4 Å². The van der Waals surface area contributed by atoms with E-state index in [4.69, 9.17) is 0 Å². The van der Waals surface area contributed by atoms with Crippen molar-refractivity contribution in [1.82, 2.24) is 25.2 Å². The summed E-state index contributed by atoms with van der Waals surface area (Å²) in [6, 6.07) is 14.4. The van der Waals surface area contributed by atoms with Gasteiger partial charge in [0.2, 0.25) is 0 Å². The van der Waals surface area contributed by atoms with E-state index >= 15 is 0 Å². The summed E-state index contributed by atoms with van der Waals surface area (Å²) in [5.74, 6) is 1.04. The molecule has 0 spiro atoms. The summed E-state index contributed by atoms with van der Waals surface area (Å²) in [7, 11) is 0. The number of benzene rings is 1. The number of aromatic nitrogens is 3. The Kier molecular flexibility index (Phi) is 5.91. The molecule has 4 rings (SSSR count). The number of carbonyl (C=O) groups is 1. The van der Waals surface area contributed by atoms with Crippen molar-refractivity contribution in [2.45, 2.75) is 19.3 Å². The van der Waals surface area contributed by atoms with Crippen LogP contribution in [0.3, 0.4) is 0 Å². The molecule has 1 N–H and O–H groups in total. The molecule has 1 fully saturated rings. The van der Waals surface area contributed by atoms with Crippen LogP contribution < -0.4 is 5.32 Å². The number of aryl methyl sites for hydroxylation is 1. The molecular weight excluding hydrogens is 362 g/mol. The number of nitrogens with zero attached hydrogens (tertiary/aromatic N) is 4. The number of pyridine rings is 1. The van der Waals surface area contributed by atoms with Crippen molar-refractivity contribution >= 4 is 5.91 Å². The van der Waals surface area contributed by atoms with Crippen molar-refractivity contribution in [3.63, 3.8) is 0 Å². The average molecular weight is 387 g/mol. The number of nitrogens with one attached hydrogen (secondary N) is 1. The molecule has 1 aliphatic heterocycles. The lowest BCUT2D eigenvalue weighted by atomic mass is 9.99. The Bertz CT molecular complexity index is 962. The predicted octanol–water partition coefficient (Wildman–Crippen LogP) is 3.07. The zero-order valence-corrected chi connectivity index (χ0v) is 16.6. The Hall–Kier alpha value is -3.12.